The number of carbonyl (C=O) groups is 2. The molecule has 0 aromatic heterocycles. The molecule has 1 saturated heterocycles. The molecule has 1 aliphatic rings. The zero-order valence-electron chi connectivity index (χ0n) is 16.8. The summed E-state index contributed by atoms with van der Waals surface area (Å²) in [5, 5.41) is 11.1. The lowest BCUT2D eigenvalue weighted by Gasteiger charge is -2.36. The number of non-ortho nitro benzene ring substituents is 1. The van der Waals surface area contributed by atoms with Gasteiger partial charge >= 0.3 is 5.97 Å². The number of rotatable bonds is 6. The third-order valence-corrected chi connectivity index (χ3v) is 6.28. The number of piperidine rings is 1. The number of benzene rings is 1. The van der Waals surface area contributed by atoms with Gasteiger partial charge in [-0.15, -0.1) is 0 Å². The molecule has 0 radical (unpaired) electrons. The van der Waals surface area contributed by atoms with Crippen LogP contribution in [0.25, 0.3) is 0 Å². The Kier molecular flexibility index (Phi) is 6.83. The van der Waals surface area contributed by atoms with Gasteiger partial charge in [-0.3, -0.25) is 24.0 Å². The van der Waals surface area contributed by atoms with Gasteiger partial charge in [0.1, 0.15) is 6.04 Å². The van der Waals surface area contributed by atoms with Crippen molar-refractivity contribution in [1.29, 1.82) is 0 Å². The van der Waals surface area contributed by atoms with E-state index in [1.165, 1.54) is 31.1 Å². The van der Waals surface area contributed by atoms with Crippen LogP contribution in [0.3, 0.4) is 0 Å². The van der Waals surface area contributed by atoms with E-state index in [1.807, 2.05) is 0 Å². The van der Waals surface area contributed by atoms with Gasteiger partial charge < -0.3 is 9.64 Å². The molecular formula is C18H25N3O7S. The Morgan fingerprint density at radius 2 is 1.90 bits per heavy atom. The van der Waals surface area contributed by atoms with Crippen LogP contribution in [0.4, 0.5) is 11.4 Å². The number of anilines is 1. The fourth-order valence-corrected chi connectivity index (χ4v) is 4.71. The van der Waals surface area contributed by atoms with Crippen molar-refractivity contribution >= 4 is 33.3 Å². The van der Waals surface area contributed by atoms with Gasteiger partial charge in [-0.1, -0.05) is 6.07 Å². The van der Waals surface area contributed by atoms with Crippen molar-refractivity contribution in [2.45, 2.75) is 32.7 Å². The number of hydrogen-bond donors (Lipinski definition) is 0. The monoisotopic (exact) mass is 427 g/mol. The summed E-state index contributed by atoms with van der Waals surface area (Å²) in [4.78, 5) is 36.7. The van der Waals surface area contributed by atoms with Crippen LogP contribution in [0.1, 0.15) is 25.3 Å². The highest BCUT2D eigenvalue weighted by molar-refractivity contribution is 7.92. The zero-order valence-corrected chi connectivity index (χ0v) is 17.6. The first-order valence-corrected chi connectivity index (χ1v) is 10.9. The summed E-state index contributed by atoms with van der Waals surface area (Å²) in [7, 11) is -2.59. The summed E-state index contributed by atoms with van der Waals surface area (Å²) in [5.41, 5.74) is 0.315. The Labute approximate surface area is 169 Å². The van der Waals surface area contributed by atoms with E-state index in [1.54, 1.807) is 6.92 Å². The number of ether oxygens (including phenoxy) is 1. The molecule has 1 aromatic rings. The van der Waals surface area contributed by atoms with Gasteiger partial charge in [0.25, 0.3) is 5.69 Å². The highest BCUT2D eigenvalue weighted by Gasteiger charge is 2.36. The molecule has 0 bridgehead atoms. The number of aryl methyl sites for hydroxylation is 1. The fourth-order valence-electron chi connectivity index (χ4n) is 3.49. The Morgan fingerprint density at radius 3 is 2.38 bits per heavy atom. The Morgan fingerprint density at radius 1 is 1.31 bits per heavy atom. The summed E-state index contributed by atoms with van der Waals surface area (Å²) >= 11 is 0. The van der Waals surface area contributed by atoms with Crippen LogP contribution in [0.2, 0.25) is 0 Å². The van der Waals surface area contributed by atoms with Crippen LogP contribution in [-0.2, 0) is 24.3 Å². The number of carbonyl (C=O) groups excluding carboxylic acids is 2. The highest BCUT2D eigenvalue weighted by atomic mass is 32.2. The van der Waals surface area contributed by atoms with Crippen LogP contribution >= 0.6 is 0 Å². The number of amides is 1. The number of hydrogen-bond acceptors (Lipinski definition) is 7. The maximum absolute atomic E-state index is 13.0. The van der Waals surface area contributed by atoms with Crippen molar-refractivity contribution in [2.75, 3.05) is 30.8 Å². The zero-order chi connectivity index (χ0) is 21.9. The van der Waals surface area contributed by atoms with Gasteiger partial charge in [-0.05, 0) is 32.3 Å². The lowest BCUT2D eigenvalue weighted by atomic mass is 9.96. The first-order valence-electron chi connectivity index (χ1n) is 9.08. The summed E-state index contributed by atoms with van der Waals surface area (Å²) in [6.45, 7) is 3.67. The smallest absolute Gasteiger partial charge is 0.308 e. The van der Waals surface area contributed by atoms with Gasteiger partial charge in [0, 0.05) is 25.2 Å². The van der Waals surface area contributed by atoms with Gasteiger partial charge in [0.2, 0.25) is 15.9 Å². The van der Waals surface area contributed by atoms with Gasteiger partial charge in [-0.2, -0.15) is 0 Å². The lowest BCUT2D eigenvalue weighted by molar-refractivity contribution is -0.384. The largest absolute Gasteiger partial charge is 0.469 e. The van der Waals surface area contributed by atoms with Crippen molar-refractivity contribution in [1.82, 2.24) is 4.90 Å². The van der Waals surface area contributed by atoms with Crippen LogP contribution in [-0.4, -0.2) is 62.6 Å². The topological polar surface area (TPSA) is 127 Å². The first kappa shape index (κ1) is 22.6. The van der Waals surface area contributed by atoms with E-state index < -0.39 is 26.9 Å². The van der Waals surface area contributed by atoms with Crippen LogP contribution in [0, 0.1) is 23.0 Å². The Balaban J connectivity index is 2.30. The number of esters is 1. The first-order chi connectivity index (χ1) is 13.5. The molecule has 11 heteroatoms. The average molecular weight is 427 g/mol. The number of sulfonamides is 1. The summed E-state index contributed by atoms with van der Waals surface area (Å²) < 4.78 is 30.6. The fraction of sp³-hybridized carbons (Fsp3) is 0.556. The molecule has 29 heavy (non-hydrogen) atoms. The van der Waals surface area contributed by atoms with Crippen LogP contribution < -0.4 is 4.31 Å². The molecule has 1 heterocycles. The van der Waals surface area contributed by atoms with Crippen molar-refractivity contribution in [2.24, 2.45) is 5.92 Å². The van der Waals surface area contributed by atoms with Crippen molar-refractivity contribution < 1.29 is 27.7 Å². The summed E-state index contributed by atoms with van der Waals surface area (Å²) in [5.74, 6) is -1.04. The van der Waals surface area contributed by atoms with E-state index in [4.69, 9.17) is 4.74 Å². The molecule has 2 rings (SSSR count). The molecule has 1 amide bonds. The van der Waals surface area contributed by atoms with Gasteiger partial charge in [0.05, 0.1) is 29.9 Å². The minimum Gasteiger partial charge on any atom is -0.469 e. The van der Waals surface area contributed by atoms with Crippen molar-refractivity contribution in [3.63, 3.8) is 0 Å². The van der Waals surface area contributed by atoms with E-state index >= 15 is 0 Å². The molecule has 0 saturated carbocycles. The minimum absolute atomic E-state index is 0.0898. The number of likely N-dealkylation sites (tertiary alicyclic amines) is 1. The third-order valence-electron chi connectivity index (χ3n) is 5.05. The minimum atomic E-state index is -3.90. The number of methoxy groups -OCH3 is 1. The van der Waals surface area contributed by atoms with Crippen molar-refractivity contribution in [3.8, 4) is 0 Å². The van der Waals surface area contributed by atoms with Gasteiger partial charge in [0.15, 0.2) is 0 Å². The molecule has 0 N–H and O–H groups in total. The van der Waals surface area contributed by atoms with E-state index in [9.17, 15) is 28.1 Å². The summed E-state index contributed by atoms with van der Waals surface area (Å²) in [6.07, 6.45) is 1.82. The number of nitrogens with zero attached hydrogens (tertiary/aromatic N) is 3. The van der Waals surface area contributed by atoms with Crippen LogP contribution in [0.15, 0.2) is 18.2 Å². The second kappa shape index (κ2) is 8.76. The van der Waals surface area contributed by atoms with Crippen LogP contribution in [0.5, 0.6) is 0 Å². The van der Waals surface area contributed by atoms with E-state index in [0.717, 1.165) is 16.6 Å². The molecular weight excluding hydrogens is 402 g/mol. The normalized spacial score (nSPS) is 16.2. The predicted octanol–water partition coefficient (Wildman–Crippen LogP) is 1.47. The molecule has 1 aliphatic heterocycles. The molecule has 1 atom stereocenters. The highest BCUT2D eigenvalue weighted by Crippen LogP contribution is 2.30. The Hall–Kier alpha value is -2.69. The Bertz CT molecular complexity index is 908. The molecule has 0 unspecified atom stereocenters. The SMILES string of the molecule is COC(=O)C1CCN(C(=O)[C@H](C)N(c2cc([N+](=O)[O-])ccc2C)S(C)(=O)=O)CC1. The maximum atomic E-state index is 13.0. The quantitative estimate of drug-likeness (QED) is 0.382. The molecule has 1 fully saturated rings. The average Bonchev–Trinajstić information content (AvgIpc) is 2.67. The second-order valence-electron chi connectivity index (χ2n) is 7.09. The molecule has 10 nitrogen and oxygen atoms in total. The lowest BCUT2D eigenvalue weighted by Crippen LogP contribution is -2.52. The predicted molar refractivity (Wildman–Crippen MR) is 106 cm³/mol. The molecule has 160 valence electrons. The van der Waals surface area contributed by atoms with E-state index in [2.05, 4.69) is 0 Å². The van der Waals surface area contributed by atoms with E-state index in [-0.39, 0.29) is 23.3 Å². The molecule has 0 aliphatic carbocycles. The number of nitro groups is 1. The van der Waals surface area contributed by atoms with E-state index in [0.29, 0.717) is 31.5 Å². The second-order valence-corrected chi connectivity index (χ2v) is 8.94. The number of nitro benzene ring substituents is 1. The summed E-state index contributed by atoms with van der Waals surface area (Å²) in [6, 6.07) is 2.79. The third kappa shape index (κ3) is 5.03. The molecule has 1 aromatic carbocycles. The van der Waals surface area contributed by atoms with Gasteiger partial charge in [-0.25, -0.2) is 8.42 Å². The maximum Gasteiger partial charge on any atom is 0.308 e. The molecule has 0 spiro atoms. The standard InChI is InChI=1S/C18H25N3O7S/c1-12-5-6-15(21(24)25)11-16(12)20(29(4,26)27)13(2)17(22)19-9-7-14(8-10-19)18(23)28-3/h5-6,11,13-14H,7-10H2,1-4H3/t13-/m0/s1. The van der Waals surface area contributed by atoms with Crippen molar-refractivity contribution in [3.05, 3.63) is 33.9 Å².